The number of amides is 2. The van der Waals surface area contributed by atoms with Crippen molar-refractivity contribution in [3.8, 4) is 22.1 Å². The van der Waals surface area contributed by atoms with Crippen LogP contribution < -0.4 is 9.47 Å². The summed E-state index contributed by atoms with van der Waals surface area (Å²) in [6.45, 7) is 4.37. The molecule has 1 aliphatic heterocycles. The molecule has 202 valence electrons. The maximum atomic E-state index is 14.0. The Morgan fingerprint density at radius 1 is 1.08 bits per heavy atom. The van der Waals surface area contributed by atoms with Gasteiger partial charge in [-0.2, -0.15) is 0 Å². The van der Waals surface area contributed by atoms with Gasteiger partial charge in [0, 0.05) is 49.6 Å². The molecule has 0 saturated carbocycles. The van der Waals surface area contributed by atoms with Crippen molar-refractivity contribution in [2.75, 3.05) is 33.9 Å². The molecular weight excluding hydrogens is 510 g/mol. The van der Waals surface area contributed by atoms with Gasteiger partial charge in [0.05, 0.1) is 30.3 Å². The summed E-state index contributed by atoms with van der Waals surface area (Å²) >= 11 is 1.64. The molecular formula is C31H33N3O4S. The highest BCUT2D eigenvalue weighted by atomic mass is 32.1. The van der Waals surface area contributed by atoms with Crippen LogP contribution in [0.15, 0.2) is 60.0 Å². The number of carbonyl (C=O) groups is 2. The van der Waals surface area contributed by atoms with Gasteiger partial charge in [0.2, 0.25) is 5.91 Å². The quantitative estimate of drug-likeness (QED) is 0.247. The van der Waals surface area contributed by atoms with Crippen molar-refractivity contribution in [2.45, 2.75) is 32.7 Å². The first-order valence-electron chi connectivity index (χ1n) is 13.2. The van der Waals surface area contributed by atoms with Crippen LogP contribution in [0.4, 0.5) is 0 Å². The molecule has 2 amide bonds. The lowest BCUT2D eigenvalue weighted by Gasteiger charge is -2.26. The van der Waals surface area contributed by atoms with Gasteiger partial charge in [0.1, 0.15) is 11.5 Å². The zero-order valence-electron chi connectivity index (χ0n) is 22.6. The van der Waals surface area contributed by atoms with Crippen LogP contribution >= 0.6 is 11.3 Å². The molecule has 1 saturated heterocycles. The van der Waals surface area contributed by atoms with E-state index < -0.39 is 0 Å². The number of nitrogens with zero attached hydrogens (tertiary/aromatic N) is 3. The second kappa shape index (κ2) is 11.9. The molecule has 2 aromatic heterocycles. The van der Waals surface area contributed by atoms with E-state index in [9.17, 15) is 9.59 Å². The standard InChI is InChI=1S/C31H33N3O4S/c1-21-9-10-27-22(15-21)16-24(30(32-27)28-7-5-14-39-28)20-34(13-6-12-33-11-4-8-29(33)35)31(36)23-17-25(37-2)19-26(18-23)38-3/h5,7,9-10,14-19H,4,6,8,11-13,20H2,1-3H3. The first kappa shape index (κ1) is 26.7. The second-order valence-corrected chi connectivity index (χ2v) is 10.8. The topological polar surface area (TPSA) is 72.0 Å². The highest BCUT2D eigenvalue weighted by Gasteiger charge is 2.23. The Morgan fingerprint density at radius 2 is 1.87 bits per heavy atom. The first-order chi connectivity index (χ1) is 18.9. The number of ether oxygens (including phenoxy) is 2. The fraction of sp³-hybridized carbons (Fsp3) is 0.323. The van der Waals surface area contributed by atoms with Gasteiger partial charge in [-0.25, -0.2) is 4.98 Å². The number of pyridine rings is 1. The van der Waals surface area contributed by atoms with Crippen molar-refractivity contribution < 1.29 is 19.1 Å². The van der Waals surface area contributed by atoms with Gasteiger partial charge in [-0.3, -0.25) is 9.59 Å². The van der Waals surface area contributed by atoms with Crippen LogP contribution in [0.1, 0.15) is 40.7 Å². The van der Waals surface area contributed by atoms with E-state index in [4.69, 9.17) is 14.5 Å². The van der Waals surface area contributed by atoms with Crippen molar-refractivity contribution >= 4 is 34.1 Å². The van der Waals surface area contributed by atoms with Crippen LogP contribution in [0.5, 0.6) is 11.5 Å². The number of aromatic nitrogens is 1. The number of likely N-dealkylation sites (tertiary alicyclic amines) is 1. The number of hydrogen-bond acceptors (Lipinski definition) is 6. The molecule has 0 unspecified atom stereocenters. The summed E-state index contributed by atoms with van der Waals surface area (Å²) in [5.74, 6) is 1.19. The predicted molar refractivity (Wildman–Crippen MR) is 155 cm³/mol. The molecule has 1 aliphatic rings. The zero-order valence-corrected chi connectivity index (χ0v) is 23.4. The van der Waals surface area contributed by atoms with Crippen LogP contribution in [-0.2, 0) is 11.3 Å². The monoisotopic (exact) mass is 543 g/mol. The highest BCUT2D eigenvalue weighted by Crippen LogP contribution is 2.31. The molecule has 0 bridgehead atoms. The number of benzene rings is 2. The van der Waals surface area contributed by atoms with E-state index in [-0.39, 0.29) is 11.8 Å². The summed E-state index contributed by atoms with van der Waals surface area (Å²) in [5, 5.41) is 3.09. The molecule has 0 aliphatic carbocycles. The summed E-state index contributed by atoms with van der Waals surface area (Å²) in [5.41, 5.74) is 4.44. The summed E-state index contributed by atoms with van der Waals surface area (Å²) in [7, 11) is 3.15. The second-order valence-electron chi connectivity index (χ2n) is 9.84. The molecule has 39 heavy (non-hydrogen) atoms. The van der Waals surface area contributed by atoms with Crippen molar-refractivity contribution in [1.82, 2.24) is 14.8 Å². The fourth-order valence-electron chi connectivity index (χ4n) is 5.05. The van der Waals surface area contributed by atoms with Gasteiger partial charge in [-0.1, -0.05) is 17.7 Å². The minimum atomic E-state index is -0.124. The molecule has 0 atom stereocenters. The average Bonchev–Trinajstić information content (AvgIpc) is 3.63. The van der Waals surface area contributed by atoms with E-state index in [1.807, 2.05) is 27.3 Å². The lowest BCUT2D eigenvalue weighted by atomic mass is 10.0. The largest absolute Gasteiger partial charge is 0.497 e. The highest BCUT2D eigenvalue weighted by molar-refractivity contribution is 7.13. The third kappa shape index (κ3) is 6.06. The van der Waals surface area contributed by atoms with Gasteiger partial charge < -0.3 is 19.3 Å². The maximum Gasteiger partial charge on any atom is 0.254 e. The van der Waals surface area contributed by atoms with E-state index in [1.165, 1.54) is 0 Å². The van der Waals surface area contributed by atoms with Crippen LogP contribution in [0, 0.1) is 6.92 Å². The van der Waals surface area contributed by atoms with Gasteiger partial charge in [-0.05, 0) is 67.1 Å². The maximum absolute atomic E-state index is 14.0. The summed E-state index contributed by atoms with van der Waals surface area (Å²) < 4.78 is 10.9. The number of rotatable bonds is 10. The average molecular weight is 544 g/mol. The molecule has 0 N–H and O–H groups in total. The molecule has 7 nitrogen and oxygen atoms in total. The molecule has 2 aromatic carbocycles. The Bertz CT molecular complexity index is 1460. The van der Waals surface area contributed by atoms with Gasteiger partial charge in [0.15, 0.2) is 0 Å². The molecule has 0 radical (unpaired) electrons. The Kier molecular flexibility index (Phi) is 8.12. The predicted octanol–water partition coefficient (Wildman–Crippen LogP) is 5.94. The Balaban J connectivity index is 1.51. The molecule has 5 rings (SSSR count). The number of fused-ring (bicyclic) bond motifs is 1. The van der Waals surface area contributed by atoms with E-state index in [0.717, 1.165) is 45.6 Å². The molecule has 8 heteroatoms. The van der Waals surface area contributed by atoms with Crippen LogP contribution in [0.25, 0.3) is 21.5 Å². The molecule has 3 heterocycles. The molecule has 1 fully saturated rings. The fourth-order valence-corrected chi connectivity index (χ4v) is 5.80. The molecule has 0 spiro atoms. The van der Waals surface area contributed by atoms with Crippen LogP contribution in [0.2, 0.25) is 0 Å². The number of carbonyl (C=O) groups excluding carboxylic acids is 2. The number of aryl methyl sites for hydroxylation is 1. The van der Waals surface area contributed by atoms with Crippen LogP contribution in [0.3, 0.4) is 0 Å². The van der Waals surface area contributed by atoms with Gasteiger partial charge in [-0.15, -0.1) is 11.3 Å². The van der Waals surface area contributed by atoms with E-state index in [2.05, 4.69) is 31.2 Å². The van der Waals surface area contributed by atoms with E-state index >= 15 is 0 Å². The van der Waals surface area contributed by atoms with Crippen molar-refractivity contribution in [3.63, 3.8) is 0 Å². The third-order valence-electron chi connectivity index (χ3n) is 7.08. The SMILES string of the molecule is COc1cc(OC)cc(C(=O)N(CCCN2CCCC2=O)Cc2cc3cc(C)ccc3nc2-c2cccs2)c1. The Hall–Kier alpha value is -3.91. The summed E-state index contributed by atoms with van der Waals surface area (Å²) in [6, 6.07) is 17.7. The summed E-state index contributed by atoms with van der Waals surface area (Å²) in [4.78, 5) is 36.0. The number of thiophene rings is 1. The van der Waals surface area contributed by atoms with Crippen molar-refractivity contribution in [1.29, 1.82) is 0 Å². The van der Waals surface area contributed by atoms with E-state index in [1.54, 1.807) is 43.8 Å². The minimum Gasteiger partial charge on any atom is -0.497 e. The Morgan fingerprint density at radius 3 is 2.54 bits per heavy atom. The van der Waals surface area contributed by atoms with Crippen molar-refractivity contribution in [3.05, 3.63) is 76.7 Å². The first-order valence-corrected chi connectivity index (χ1v) is 14.1. The smallest absolute Gasteiger partial charge is 0.254 e. The minimum absolute atomic E-state index is 0.124. The number of hydrogen-bond donors (Lipinski definition) is 0. The third-order valence-corrected chi connectivity index (χ3v) is 7.95. The van der Waals surface area contributed by atoms with E-state index in [0.29, 0.717) is 49.5 Å². The zero-order chi connectivity index (χ0) is 27.4. The van der Waals surface area contributed by atoms with Gasteiger partial charge in [0.25, 0.3) is 5.91 Å². The number of methoxy groups -OCH3 is 2. The lowest BCUT2D eigenvalue weighted by Crippen LogP contribution is -2.34. The Labute approximate surface area is 233 Å². The normalized spacial score (nSPS) is 13.2. The summed E-state index contributed by atoms with van der Waals surface area (Å²) in [6.07, 6.45) is 2.20. The lowest BCUT2D eigenvalue weighted by molar-refractivity contribution is -0.127. The van der Waals surface area contributed by atoms with Gasteiger partial charge >= 0.3 is 0 Å². The van der Waals surface area contributed by atoms with Crippen molar-refractivity contribution in [2.24, 2.45) is 0 Å². The van der Waals surface area contributed by atoms with Crippen LogP contribution in [-0.4, -0.2) is 60.5 Å². The molecule has 4 aromatic rings.